The molecule has 0 radical (unpaired) electrons. The maximum Gasteiger partial charge on any atom is 0.160 e. The van der Waals surface area contributed by atoms with Crippen molar-refractivity contribution in [2.24, 2.45) is 0 Å². The van der Waals surface area contributed by atoms with Gasteiger partial charge in [0.1, 0.15) is 0 Å². The summed E-state index contributed by atoms with van der Waals surface area (Å²) >= 11 is 1.52. The van der Waals surface area contributed by atoms with E-state index in [0.29, 0.717) is 0 Å². The molecule has 2 heterocycles. The minimum Gasteiger partial charge on any atom is -0.347 e. The van der Waals surface area contributed by atoms with Gasteiger partial charge in [0, 0.05) is 23.3 Å². The lowest BCUT2D eigenvalue weighted by Gasteiger charge is -1.89. The van der Waals surface area contributed by atoms with E-state index in [1.165, 1.54) is 16.2 Å². The number of H-pyrrole nitrogens is 1. The SMILES string of the molecule is CNCc1cnc[nH]1.Cc1ccc(C=O)s1. The highest BCUT2D eigenvalue weighted by atomic mass is 32.1. The fourth-order valence-corrected chi connectivity index (χ4v) is 1.78. The third-order valence-electron chi connectivity index (χ3n) is 1.80. The number of imidazole rings is 1. The van der Waals surface area contributed by atoms with Crippen LogP contribution in [0.25, 0.3) is 0 Å². The molecule has 2 aromatic rings. The summed E-state index contributed by atoms with van der Waals surface area (Å²) in [6.45, 7) is 2.84. The molecule has 0 spiro atoms. The summed E-state index contributed by atoms with van der Waals surface area (Å²) in [5.74, 6) is 0. The number of nitrogens with one attached hydrogen (secondary N) is 2. The molecule has 0 atom stereocenters. The molecular formula is C11H15N3OS. The second-order valence-electron chi connectivity index (χ2n) is 3.17. The van der Waals surface area contributed by atoms with Gasteiger partial charge in [-0.2, -0.15) is 0 Å². The van der Waals surface area contributed by atoms with Crippen LogP contribution >= 0.6 is 11.3 Å². The summed E-state index contributed by atoms with van der Waals surface area (Å²) in [6, 6.07) is 3.77. The van der Waals surface area contributed by atoms with Crippen molar-refractivity contribution >= 4 is 17.6 Å². The Balaban J connectivity index is 0.000000160. The number of hydrogen-bond acceptors (Lipinski definition) is 4. The van der Waals surface area contributed by atoms with Gasteiger partial charge in [-0.3, -0.25) is 4.79 Å². The van der Waals surface area contributed by atoms with Crippen molar-refractivity contribution in [1.29, 1.82) is 0 Å². The summed E-state index contributed by atoms with van der Waals surface area (Å²) in [6.07, 6.45) is 4.35. The fourth-order valence-electron chi connectivity index (χ4n) is 1.09. The quantitative estimate of drug-likeness (QED) is 0.803. The van der Waals surface area contributed by atoms with Gasteiger partial charge >= 0.3 is 0 Å². The van der Waals surface area contributed by atoms with Crippen LogP contribution in [0, 0.1) is 6.92 Å². The maximum atomic E-state index is 10.0. The fraction of sp³-hybridized carbons (Fsp3) is 0.273. The van der Waals surface area contributed by atoms with Crippen molar-refractivity contribution in [1.82, 2.24) is 15.3 Å². The number of nitrogens with zero attached hydrogens (tertiary/aromatic N) is 1. The molecule has 0 bridgehead atoms. The number of aldehydes is 1. The van der Waals surface area contributed by atoms with E-state index in [0.717, 1.165) is 23.4 Å². The minimum absolute atomic E-state index is 0.808. The monoisotopic (exact) mass is 237 g/mol. The highest BCUT2D eigenvalue weighted by Gasteiger charge is 1.90. The average molecular weight is 237 g/mol. The molecule has 2 rings (SSSR count). The molecule has 0 fully saturated rings. The molecule has 0 saturated heterocycles. The van der Waals surface area contributed by atoms with E-state index in [9.17, 15) is 4.79 Å². The van der Waals surface area contributed by atoms with E-state index >= 15 is 0 Å². The van der Waals surface area contributed by atoms with Crippen LogP contribution in [0.1, 0.15) is 20.2 Å². The van der Waals surface area contributed by atoms with E-state index in [4.69, 9.17) is 0 Å². The first-order chi connectivity index (χ1) is 7.76. The molecule has 86 valence electrons. The summed E-state index contributed by atoms with van der Waals surface area (Å²) in [5, 5.41) is 3.00. The van der Waals surface area contributed by atoms with Gasteiger partial charge in [-0.1, -0.05) is 0 Å². The zero-order chi connectivity index (χ0) is 11.8. The highest BCUT2D eigenvalue weighted by molar-refractivity contribution is 7.13. The molecule has 0 unspecified atom stereocenters. The van der Waals surface area contributed by atoms with Crippen molar-refractivity contribution in [2.45, 2.75) is 13.5 Å². The summed E-state index contributed by atoms with van der Waals surface area (Å²) in [4.78, 5) is 18.8. The molecule has 5 heteroatoms. The van der Waals surface area contributed by atoms with Crippen molar-refractivity contribution < 1.29 is 4.79 Å². The summed E-state index contributed by atoms with van der Waals surface area (Å²) in [5.41, 5.74) is 1.12. The third-order valence-corrected chi connectivity index (χ3v) is 2.73. The Hall–Kier alpha value is -1.46. The molecule has 0 aliphatic heterocycles. The van der Waals surface area contributed by atoms with Crippen molar-refractivity contribution in [2.75, 3.05) is 7.05 Å². The normalized spacial score (nSPS) is 9.38. The Morgan fingerprint density at radius 2 is 2.38 bits per heavy atom. The molecule has 0 aliphatic carbocycles. The van der Waals surface area contributed by atoms with Crippen molar-refractivity contribution in [3.8, 4) is 0 Å². The number of aryl methyl sites for hydroxylation is 1. The van der Waals surface area contributed by atoms with Gasteiger partial charge in [-0.05, 0) is 26.1 Å². The smallest absolute Gasteiger partial charge is 0.160 e. The van der Waals surface area contributed by atoms with Gasteiger partial charge in [-0.25, -0.2) is 4.98 Å². The van der Waals surface area contributed by atoms with Crippen LogP contribution < -0.4 is 5.32 Å². The van der Waals surface area contributed by atoms with Crippen molar-refractivity contribution in [3.63, 3.8) is 0 Å². The van der Waals surface area contributed by atoms with Crippen LogP contribution in [0.5, 0.6) is 0 Å². The second kappa shape index (κ2) is 6.92. The lowest BCUT2D eigenvalue weighted by atomic mass is 10.5. The van der Waals surface area contributed by atoms with Gasteiger partial charge in [0.05, 0.1) is 11.2 Å². The number of carbonyl (C=O) groups excluding carboxylic acids is 1. The van der Waals surface area contributed by atoms with Gasteiger partial charge < -0.3 is 10.3 Å². The van der Waals surface area contributed by atoms with Crippen LogP contribution in [-0.2, 0) is 6.54 Å². The van der Waals surface area contributed by atoms with E-state index in [2.05, 4.69) is 15.3 Å². The number of aromatic nitrogens is 2. The molecule has 0 aromatic carbocycles. The molecule has 2 N–H and O–H groups in total. The van der Waals surface area contributed by atoms with Crippen LogP contribution in [0.3, 0.4) is 0 Å². The highest BCUT2D eigenvalue weighted by Crippen LogP contribution is 2.11. The molecule has 16 heavy (non-hydrogen) atoms. The Morgan fingerprint density at radius 3 is 2.75 bits per heavy atom. The first-order valence-electron chi connectivity index (χ1n) is 4.89. The first kappa shape index (κ1) is 12.6. The maximum absolute atomic E-state index is 10.0. The van der Waals surface area contributed by atoms with Crippen LogP contribution in [0.2, 0.25) is 0 Å². The molecule has 0 aliphatic rings. The van der Waals surface area contributed by atoms with Crippen LogP contribution in [0.15, 0.2) is 24.7 Å². The predicted molar refractivity (Wildman–Crippen MR) is 65.8 cm³/mol. The number of thiophene rings is 1. The zero-order valence-electron chi connectivity index (χ0n) is 9.36. The predicted octanol–water partition coefficient (Wildman–Crippen LogP) is 2.00. The van der Waals surface area contributed by atoms with Crippen molar-refractivity contribution in [3.05, 3.63) is 40.1 Å². The van der Waals surface area contributed by atoms with Crippen LogP contribution in [0.4, 0.5) is 0 Å². The molecule has 4 nitrogen and oxygen atoms in total. The first-order valence-corrected chi connectivity index (χ1v) is 5.71. The minimum atomic E-state index is 0.808. The number of rotatable bonds is 3. The number of aromatic amines is 1. The van der Waals surface area contributed by atoms with Crippen LogP contribution in [-0.4, -0.2) is 23.3 Å². The Kier molecular flexibility index (Phi) is 5.45. The lowest BCUT2D eigenvalue weighted by molar-refractivity contribution is 0.112. The third kappa shape index (κ3) is 4.37. The Bertz CT molecular complexity index is 409. The van der Waals surface area contributed by atoms with Gasteiger partial charge in [0.25, 0.3) is 0 Å². The van der Waals surface area contributed by atoms with E-state index in [1.54, 1.807) is 12.5 Å². The number of carbonyl (C=O) groups is 1. The number of hydrogen-bond donors (Lipinski definition) is 2. The topological polar surface area (TPSA) is 57.8 Å². The van der Waals surface area contributed by atoms with E-state index < -0.39 is 0 Å². The Morgan fingerprint density at radius 1 is 1.56 bits per heavy atom. The molecule has 0 saturated carbocycles. The Labute approximate surface area is 98.7 Å². The largest absolute Gasteiger partial charge is 0.347 e. The molecule has 0 amide bonds. The van der Waals surface area contributed by atoms with E-state index in [1.807, 2.05) is 26.1 Å². The van der Waals surface area contributed by atoms with E-state index in [-0.39, 0.29) is 0 Å². The average Bonchev–Trinajstić information content (AvgIpc) is 2.91. The van der Waals surface area contributed by atoms with Gasteiger partial charge in [-0.15, -0.1) is 11.3 Å². The summed E-state index contributed by atoms with van der Waals surface area (Å²) < 4.78 is 0. The second-order valence-corrected chi connectivity index (χ2v) is 4.49. The molecular weight excluding hydrogens is 222 g/mol. The van der Waals surface area contributed by atoms with Gasteiger partial charge in [0.15, 0.2) is 6.29 Å². The zero-order valence-corrected chi connectivity index (χ0v) is 10.2. The molecule has 2 aromatic heterocycles. The summed E-state index contributed by atoms with van der Waals surface area (Å²) in [7, 11) is 1.90. The van der Waals surface area contributed by atoms with Gasteiger partial charge in [0.2, 0.25) is 0 Å². The lowest BCUT2D eigenvalue weighted by Crippen LogP contribution is -2.04. The standard InChI is InChI=1S/C6H6OS.C5H9N3/c1-5-2-3-6(4-7)8-5;1-6-2-5-3-7-4-8-5/h2-4H,1H3;3-4,6H,2H2,1H3,(H,7,8).